The van der Waals surface area contributed by atoms with Crippen molar-refractivity contribution in [3.63, 3.8) is 0 Å². The van der Waals surface area contributed by atoms with Gasteiger partial charge < -0.3 is 14.2 Å². The maximum absolute atomic E-state index is 14.2. The molecule has 1 aromatic heterocycles. The molecule has 0 saturated heterocycles. The highest BCUT2D eigenvalue weighted by atomic mass is 35.5. The lowest BCUT2D eigenvalue weighted by molar-refractivity contribution is -0.138. The number of hydrogen-bond donors (Lipinski definition) is 0. The molecule has 0 amide bonds. The van der Waals surface area contributed by atoms with Crippen molar-refractivity contribution in [3.8, 4) is 11.5 Å². The Labute approximate surface area is 289 Å². The Kier molecular flexibility index (Phi) is 9.84. The highest BCUT2D eigenvalue weighted by Gasteiger charge is 2.35. The molecule has 1 aliphatic heterocycles. The van der Waals surface area contributed by atoms with Crippen LogP contribution in [0, 0.1) is 0 Å². The number of rotatable bonds is 9. The molecule has 1 aliphatic rings. The minimum Gasteiger partial charge on any atom is -0.493 e. The van der Waals surface area contributed by atoms with Crippen molar-refractivity contribution in [2.24, 2.45) is 4.99 Å². The van der Waals surface area contributed by atoms with Gasteiger partial charge in [-0.25, -0.2) is 9.79 Å². The zero-order valence-corrected chi connectivity index (χ0v) is 28.3. The monoisotopic (exact) mass is 704 g/mol. The van der Waals surface area contributed by atoms with Crippen molar-refractivity contribution in [2.45, 2.75) is 19.6 Å². The number of carbonyl (C=O) groups is 1. The predicted molar refractivity (Wildman–Crippen MR) is 186 cm³/mol. The molecular formula is C36H27Cl3N2O5S. The van der Waals surface area contributed by atoms with Gasteiger partial charge in [-0.15, -0.1) is 0 Å². The third-order valence-corrected chi connectivity index (χ3v) is 9.40. The molecule has 0 fully saturated rings. The Hall–Kier alpha value is -4.34. The molecule has 6 rings (SSSR count). The maximum atomic E-state index is 14.2. The first-order valence-corrected chi connectivity index (χ1v) is 16.5. The van der Waals surface area contributed by atoms with E-state index in [1.807, 2.05) is 42.5 Å². The normalized spacial score (nSPS) is 14.4. The van der Waals surface area contributed by atoms with Gasteiger partial charge in [0.1, 0.15) is 6.61 Å². The van der Waals surface area contributed by atoms with Gasteiger partial charge in [-0.2, -0.15) is 0 Å². The summed E-state index contributed by atoms with van der Waals surface area (Å²) in [7, 11) is 1.55. The summed E-state index contributed by atoms with van der Waals surface area (Å²) in [6, 6.07) is 26.4. The molecule has 4 aromatic carbocycles. The second kappa shape index (κ2) is 14.2. The van der Waals surface area contributed by atoms with Gasteiger partial charge in [-0.3, -0.25) is 9.36 Å². The first-order chi connectivity index (χ1) is 22.8. The van der Waals surface area contributed by atoms with Crippen LogP contribution >= 0.6 is 46.1 Å². The summed E-state index contributed by atoms with van der Waals surface area (Å²) in [5.41, 5.74) is 3.39. The molecule has 0 N–H and O–H groups in total. The molecule has 0 unspecified atom stereocenters. The summed E-state index contributed by atoms with van der Waals surface area (Å²) in [5, 5.41) is 1.44. The van der Waals surface area contributed by atoms with Crippen LogP contribution in [0.15, 0.2) is 106 Å². The molecule has 7 nitrogen and oxygen atoms in total. The average Bonchev–Trinajstić information content (AvgIpc) is 3.39. The third kappa shape index (κ3) is 6.87. The smallest absolute Gasteiger partial charge is 0.338 e. The van der Waals surface area contributed by atoms with Gasteiger partial charge in [0.2, 0.25) is 0 Å². The van der Waals surface area contributed by atoms with Crippen LogP contribution in [0.3, 0.4) is 0 Å². The fourth-order valence-electron chi connectivity index (χ4n) is 5.24. The van der Waals surface area contributed by atoms with E-state index in [9.17, 15) is 9.59 Å². The van der Waals surface area contributed by atoms with Crippen molar-refractivity contribution >= 4 is 63.9 Å². The van der Waals surface area contributed by atoms with Crippen LogP contribution in [0.5, 0.6) is 11.5 Å². The summed E-state index contributed by atoms with van der Waals surface area (Å²) in [4.78, 5) is 33.1. The number of hydrogen-bond acceptors (Lipinski definition) is 7. The van der Waals surface area contributed by atoms with Crippen molar-refractivity contribution < 1.29 is 19.0 Å². The Morgan fingerprint density at radius 1 is 0.936 bits per heavy atom. The number of fused-ring (bicyclic) bond motifs is 1. The van der Waals surface area contributed by atoms with E-state index in [0.717, 1.165) is 11.1 Å². The number of esters is 1. The van der Waals surface area contributed by atoms with Crippen LogP contribution in [-0.4, -0.2) is 24.3 Å². The van der Waals surface area contributed by atoms with E-state index in [-0.39, 0.29) is 24.3 Å². The van der Waals surface area contributed by atoms with E-state index in [2.05, 4.69) is 0 Å². The van der Waals surface area contributed by atoms with Crippen molar-refractivity contribution in [2.75, 3.05) is 13.7 Å². The molecule has 5 aromatic rings. The molecule has 1 atom stereocenters. The second-order valence-electron chi connectivity index (χ2n) is 10.4. The van der Waals surface area contributed by atoms with Gasteiger partial charge in [0.15, 0.2) is 16.3 Å². The quantitative estimate of drug-likeness (QED) is 0.149. The molecule has 238 valence electrons. The van der Waals surface area contributed by atoms with Gasteiger partial charge in [0.05, 0.1) is 45.6 Å². The zero-order chi connectivity index (χ0) is 33.1. The summed E-state index contributed by atoms with van der Waals surface area (Å²) < 4.78 is 19.1. The molecular weight excluding hydrogens is 679 g/mol. The number of methoxy groups -OCH3 is 1. The van der Waals surface area contributed by atoms with Gasteiger partial charge in [0, 0.05) is 10.6 Å². The van der Waals surface area contributed by atoms with E-state index in [0.29, 0.717) is 52.7 Å². The largest absolute Gasteiger partial charge is 0.493 e. The Morgan fingerprint density at radius 2 is 1.70 bits per heavy atom. The van der Waals surface area contributed by atoms with Crippen molar-refractivity contribution in [3.05, 3.63) is 154 Å². The lowest BCUT2D eigenvalue weighted by Gasteiger charge is -2.25. The first kappa shape index (κ1) is 32.6. The average molecular weight is 706 g/mol. The molecule has 0 spiro atoms. The minimum absolute atomic E-state index is 0.164. The van der Waals surface area contributed by atoms with E-state index >= 15 is 0 Å². The van der Waals surface area contributed by atoms with Gasteiger partial charge in [-0.1, -0.05) is 101 Å². The highest BCUT2D eigenvalue weighted by Crippen LogP contribution is 2.36. The number of carbonyl (C=O) groups excluding carboxylic acids is 1. The predicted octanol–water partition coefficient (Wildman–Crippen LogP) is 7.48. The molecule has 47 heavy (non-hydrogen) atoms. The van der Waals surface area contributed by atoms with E-state index in [1.165, 1.54) is 11.3 Å². The van der Waals surface area contributed by atoms with Crippen LogP contribution in [0.25, 0.3) is 11.8 Å². The molecule has 0 aliphatic carbocycles. The molecule has 0 bridgehead atoms. The van der Waals surface area contributed by atoms with E-state index in [1.54, 1.807) is 73.2 Å². The fraction of sp³-hybridized carbons (Fsp3) is 0.139. The Balaban J connectivity index is 1.45. The van der Waals surface area contributed by atoms with Gasteiger partial charge >= 0.3 is 5.97 Å². The number of benzene rings is 4. The third-order valence-electron chi connectivity index (χ3n) is 7.42. The van der Waals surface area contributed by atoms with Crippen LogP contribution < -0.4 is 24.4 Å². The number of ether oxygens (including phenoxy) is 3. The second-order valence-corrected chi connectivity index (χ2v) is 12.7. The SMILES string of the molecule is CCOC(=O)C1=C(c2ccccc2)N=c2s/c(=C\c3ccc(OCc4ccc(Cl)c(Cl)c4)c(OC)c3)c(=O)n2[C@@H]1c1ccc(Cl)cc1. The summed E-state index contributed by atoms with van der Waals surface area (Å²) in [6.07, 6.45) is 1.77. The van der Waals surface area contributed by atoms with Crippen molar-refractivity contribution in [1.29, 1.82) is 0 Å². The summed E-state index contributed by atoms with van der Waals surface area (Å²) in [5.74, 6) is 0.457. The number of halogens is 3. The van der Waals surface area contributed by atoms with Gasteiger partial charge in [-0.05, 0) is 66.1 Å². The number of aromatic nitrogens is 1. The lowest BCUT2D eigenvalue weighted by Crippen LogP contribution is -2.40. The van der Waals surface area contributed by atoms with E-state index < -0.39 is 12.0 Å². The Morgan fingerprint density at radius 3 is 2.40 bits per heavy atom. The zero-order valence-electron chi connectivity index (χ0n) is 25.2. The minimum atomic E-state index is -0.799. The Bertz CT molecular complexity index is 2180. The maximum Gasteiger partial charge on any atom is 0.338 e. The number of nitrogens with zero attached hydrogens (tertiary/aromatic N) is 2. The summed E-state index contributed by atoms with van der Waals surface area (Å²) >= 11 is 19.6. The first-order valence-electron chi connectivity index (χ1n) is 14.6. The molecule has 2 heterocycles. The van der Waals surface area contributed by atoms with Crippen molar-refractivity contribution in [1.82, 2.24) is 4.57 Å². The van der Waals surface area contributed by atoms with Crippen LogP contribution in [-0.2, 0) is 16.1 Å². The molecule has 0 radical (unpaired) electrons. The lowest BCUT2D eigenvalue weighted by atomic mass is 9.93. The summed E-state index contributed by atoms with van der Waals surface area (Å²) in [6.45, 7) is 2.16. The standard InChI is InChI=1S/C36H27Cl3N2O5S/c1-3-45-35(43)31-32(23-7-5-4-6-8-23)40-36-41(33(31)24-11-13-25(37)14-12-24)34(42)30(47-36)19-21-10-16-28(29(18-21)44-2)46-20-22-9-15-26(38)27(39)17-22/h4-19,33H,3,20H2,1-2H3/b30-19-/t33-/m1/s1. The van der Waals surface area contributed by atoms with Gasteiger partial charge in [0.25, 0.3) is 5.56 Å². The van der Waals surface area contributed by atoms with E-state index in [4.69, 9.17) is 54.0 Å². The van der Waals surface area contributed by atoms with Crippen LogP contribution in [0.1, 0.15) is 35.2 Å². The molecule has 0 saturated carbocycles. The number of thiazole rings is 1. The highest BCUT2D eigenvalue weighted by molar-refractivity contribution is 7.07. The fourth-order valence-corrected chi connectivity index (χ4v) is 6.68. The molecule has 11 heteroatoms. The van der Waals surface area contributed by atoms with Crippen LogP contribution in [0.4, 0.5) is 0 Å². The van der Waals surface area contributed by atoms with Crippen LogP contribution in [0.2, 0.25) is 15.1 Å². The topological polar surface area (TPSA) is 79.1 Å².